The van der Waals surface area contributed by atoms with Gasteiger partial charge in [0.25, 0.3) is 5.91 Å². The van der Waals surface area contributed by atoms with Crippen molar-refractivity contribution < 1.29 is 9.90 Å². The molecule has 4 heteroatoms. The van der Waals surface area contributed by atoms with Crippen molar-refractivity contribution in [2.75, 3.05) is 26.2 Å². The van der Waals surface area contributed by atoms with E-state index in [0.717, 1.165) is 45.3 Å². The number of nitrogens with zero attached hydrogens (tertiary/aromatic N) is 1. The summed E-state index contributed by atoms with van der Waals surface area (Å²) in [6, 6.07) is 10.3. The molecule has 0 unspecified atom stereocenters. The molecule has 1 saturated heterocycles. The van der Waals surface area contributed by atoms with Crippen LogP contribution in [0, 0.1) is 0 Å². The van der Waals surface area contributed by atoms with Crippen LogP contribution in [0.15, 0.2) is 30.3 Å². The Hall–Kier alpha value is -1.39. The minimum absolute atomic E-state index is 0.101. The number of aliphatic hydroxyl groups is 1. The Morgan fingerprint density at radius 2 is 2.09 bits per heavy atom. The Bertz CT molecular complexity index is 463. The van der Waals surface area contributed by atoms with Crippen molar-refractivity contribution in [2.24, 2.45) is 0 Å². The van der Waals surface area contributed by atoms with Crippen LogP contribution in [-0.4, -0.2) is 47.7 Å². The zero-order chi connectivity index (χ0) is 15.8. The molecule has 22 heavy (non-hydrogen) atoms. The highest BCUT2D eigenvalue weighted by molar-refractivity contribution is 5.86. The summed E-state index contributed by atoms with van der Waals surface area (Å²) in [4.78, 5) is 14.4. The molecular weight excluding hydrogens is 276 g/mol. The van der Waals surface area contributed by atoms with Gasteiger partial charge in [0.05, 0.1) is 0 Å². The number of likely N-dealkylation sites (tertiary alicyclic amines) is 1. The van der Waals surface area contributed by atoms with Crippen LogP contribution in [0.4, 0.5) is 0 Å². The van der Waals surface area contributed by atoms with Crippen LogP contribution in [0.1, 0.15) is 38.2 Å². The molecule has 0 bridgehead atoms. The van der Waals surface area contributed by atoms with Crippen LogP contribution in [0.25, 0.3) is 0 Å². The SMILES string of the molecule is CCCNC[C@@]1(O)CCCN(CCCc2ccccc2)C1=O. The van der Waals surface area contributed by atoms with Crippen molar-refractivity contribution in [3.63, 3.8) is 0 Å². The van der Waals surface area contributed by atoms with Gasteiger partial charge in [-0.05, 0) is 44.2 Å². The average molecular weight is 304 g/mol. The van der Waals surface area contributed by atoms with Gasteiger partial charge in [-0.15, -0.1) is 0 Å². The maximum atomic E-state index is 12.5. The van der Waals surface area contributed by atoms with Crippen LogP contribution in [0.3, 0.4) is 0 Å². The summed E-state index contributed by atoms with van der Waals surface area (Å²) < 4.78 is 0. The Labute approximate surface area is 133 Å². The van der Waals surface area contributed by atoms with Gasteiger partial charge < -0.3 is 15.3 Å². The van der Waals surface area contributed by atoms with Crippen LogP contribution in [-0.2, 0) is 11.2 Å². The molecule has 1 heterocycles. The maximum absolute atomic E-state index is 12.5. The van der Waals surface area contributed by atoms with Crippen molar-refractivity contribution in [1.29, 1.82) is 0 Å². The molecule has 1 aromatic rings. The van der Waals surface area contributed by atoms with E-state index in [1.54, 1.807) is 0 Å². The topological polar surface area (TPSA) is 52.6 Å². The molecular formula is C18H28N2O2. The molecule has 1 atom stereocenters. The van der Waals surface area contributed by atoms with Gasteiger partial charge in [0.1, 0.15) is 0 Å². The third kappa shape index (κ3) is 4.55. The molecule has 1 aromatic carbocycles. The van der Waals surface area contributed by atoms with Gasteiger partial charge in [0, 0.05) is 19.6 Å². The number of amides is 1. The van der Waals surface area contributed by atoms with Crippen LogP contribution in [0.5, 0.6) is 0 Å². The van der Waals surface area contributed by atoms with E-state index in [1.165, 1.54) is 5.56 Å². The number of carbonyl (C=O) groups is 1. The number of aryl methyl sites for hydroxylation is 1. The summed E-state index contributed by atoms with van der Waals surface area (Å²) in [5.74, 6) is -0.101. The summed E-state index contributed by atoms with van der Waals surface area (Å²) in [7, 11) is 0. The van der Waals surface area contributed by atoms with Crippen molar-refractivity contribution in [3.05, 3.63) is 35.9 Å². The van der Waals surface area contributed by atoms with E-state index in [2.05, 4.69) is 24.4 Å². The normalized spacial score (nSPS) is 22.1. The van der Waals surface area contributed by atoms with Gasteiger partial charge in [0.15, 0.2) is 5.60 Å². The van der Waals surface area contributed by atoms with Gasteiger partial charge in [-0.1, -0.05) is 37.3 Å². The zero-order valence-electron chi connectivity index (χ0n) is 13.6. The van der Waals surface area contributed by atoms with Crippen LogP contribution in [0.2, 0.25) is 0 Å². The molecule has 1 aliphatic rings. The lowest BCUT2D eigenvalue weighted by molar-refractivity contribution is -0.156. The van der Waals surface area contributed by atoms with Gasteiger partial charge >= 0.3 is 0 Å². The lowest BCUT2D eigenvalue weighted by atomic mass is 9.91. The number of rotatable bonds is 8. The highest BCUT2D eigenvalue weighted by Crippen LogP contribution is 2.22. The molecule has 0 aromatic heterocycles. The minimum Gasteiger partial charge on any atom is -0.379 e. The summed E-state index contributed by atoms with van der Waals surface area (Å²) >= 11 is 0. The fourth-order valence-electron chi connectivity index (χ4n) is 3.03. The Kier molecular flexibility index (Phi) is 6.40. The van der Waals surface area contributed by atoms with E-state index >= 15 is 0 Å². The molecule has 122 valence electrons. The number of piperidine rings is 1. The number of benzene rings is 1. The summed E-state index contributed by atoms with van der Waals surface area (Å²) in [6.45, 7) is 4.78. The highest BCUT2D eigenvalue weighted by atomic mass is 16.3. The lowest BCUT2D eigenvalue weighted by Crippen LogP contribution is -2.58. The van der Waals surface area contributed by atoms with Gasteiger partial charge in [-0.2, -0.15) is 0 Å². The molecule has 0 aliphatic carbocycles. The molecule has 0 spiro atoms. The lowest BCUT2D eigenvalue weighted by Gasteiger charge is -2.38. The van der Waals surface area contributed by atoms with Crippen LogP contribution < -0.4 is 5.32 Å². The summed E-state index contributed by atoms with van der Waals surface area (Å²) in [5.41, 5.74) is 0.0898. The van der Waals surface area contributed by atoms with Crippen molar-refractivity contribution in [3.8, 4) is 0 Å². The first-order valence-corrected chi connectivity index (χ1v) is 8.42. The largest absolute Gasteiger partial charge is 0.379 e. The molecule has 1 aliphatic heterocycles. The summed E-state index contributed by atoms with van der Waals surface area (Å²) in [5, 5.41) is 13.8. The number of carbonyl (C=O) groups excluding carboxylic acids is 1. The Morgan fingerprint density at radius 1 is 1.32 bits per heavy atom. The third-order valence-electron chi connectivity index (χ3n) is 4.28. The first kappa shape index (κ1) is 17.0. The summed E-state index contributed by atoms with van der Waals surface area (Å²) in [6.07, 6.45) is 4.36. The van der Waals surface area contributed by atoms with E-state index in [1.807, 2.05) is 23.1 Å². The smallest absolute Gasteiger partial charge is 0.255 e. The fourth-order valence-corrected chi connectivity index (χ4v) is 3.03. The number of hydrogen-bond acceptors (Lipinski definition) is 3. The fraction of sp³-hybridized carbons (Fsp3) is 0.611. The average Bonchev–Trinajstić information content (AvgIpc) is 2.53. The maximum Gasteiger partial charge on any atom is 0.255 e. The molecule has 0 radical (unpaired) electrons. The van der Waals surface area contributed by atoms with E-state index in [9.17, 15) is 9.90 Å². The monoisotopic (exact) mass is 304 g/mol. The van der Waals surface area contributed by atoms with Crippen LogP contribution >= 0.6 is 0 Å². The third-order valence-corrected chi connectivity index (χ3v) is 4.28. The predicted octanol–water partition coefficient (Wildman–Crippen LogP) is 1.97. The van der Waals surface area contributed by atoms with Crippen molar-refractivity contribution >= 4 is 5.91 Å². The quantitative estimate of drug-likeness (QED) is 0.722. The molecule has 1 fully saturated rings. The molecule has 2 N–H and O–H groups in total. The second kappa shape index (κ2) is 8.30. The first-order chi connectivity index (χ1) is 10.7. The zero-order valence-corrected chi connectivity index (χ0v) is 13.6. The molecule has 0 saturated carbocycles. The van der Waals surface area contributed by atoms with Gasteiger partial charge in [-0.25, -0.2) is 0 Å². The second-order valence-electron chi connectivity index (χ2n) is 6.19. The Balaban J connectivity index is 1.82. The number of nitrogens with one attached hydrogen (secondary N) is 1. The van der Waals surface area contributed by atoms with Gasteiger partial charge in [0.2, 0.25) is 0 Å². The van der Waals surface area contributed by atoms with E-state index < -0.39 is 5.60 Å². The minimum atomic E-state index is -1.21. The molecule has 4 nitrogen and oxygen atoms in total. The predicted molar refractivity (Wildman–Crippen MR) is 88.7 cm³/mol. The Morgan fingerprint density at radius 3 is 2.82 bits per heavy atom. The van der Waals surface area contributed by atoms with E-state index in [-0.39, 0.29) is 5.91 Å². The standard InChI is InChI=1S/C18H28N2O2/c1-2-12-19-15-18(22)11-7-14-20(17(18)21)13-6-10-16-8-4-3-5-9-16/h3-5,8-9,19,22H,2,6-7,10-15H2,1H3/t18-/m0/s1. The number of hydrogen-bond donors (Lipinski definition) is 2. The van der Waals surface area contributed by atoms with Gasteiger partial charge in [-0.3, -0.25) is 4.79 Å². The molecule has 2 rings (SSSR count). The van der Waals surface area contributed by atoms with Crippen molar-refractivity contribution in [1.82, 2.24) is 10.2 Å². The van der Waals surface area contributed by atoms with Crippen molar-refractivity contribution in [2.45, 2.75) is 44.6 Å². The van der Waals surface area contributed by atoms with E-state index in [4.69, 9.17) is 0 Å². The van der Waals surface area contributed by atoms with E-state index in [0.29, 0.717) is 13.0 Å². The molecule has 1 amide bonds. The second-order valence-corrected chi connectivity index (χ2v) is 6.19. The first-order valence-electron chi connectivity index (χ1n) is 8.42. The highest BCUT2D eigenvalue weighted by Gasteiger charge is 2.41.